The van der Waals surface area contributed by atoms with E-state index in [4.69, 9.17) is 0 Å². The van der Waals surface area contributed by atoms with Gasteiger partial charge in [-0.25, -0.2) is 22.9 Å². The summed E-state index contributed by atoms with van der Waals surface area (Å²) in [4.78, 5) is 15.0. The molecule has 0 aliphatic carbocycles. The highest BCUT2D eigenvalue weighted by molar-refractivity contribution is 7.90. The second-order valence-corrected chi connectivity index (χ2v) is 6.15. The Hall–Kier alpha value is -2.42. The van der Waals surface area contributed by atoms with Crippen LogP contribution in [0.3, 0.4) is 0 Å². The molecule has 0 spiro atoms. The molecule has 1 aromatic carbocycles. The molecular weight excluding hydrogens is 333 g/mol. The molecule has 0 bridgehead atoms. The number of nitrogens with zero attached hydrogens (tertiary/aromatic N) is 1. The first kappa shape index (κ1) is 16.9. The fraction of sp³-hybridized carbons (Fsp3) is 0.143. The predicted octanol–water partition coefficient (Wildman–Crippen LogP) is 1.94. The van der Waals surface area contributed by atoms with Crippen molar-refractivity contribution < 1.29 is 26.4 Å². The summed E-state index contributed by atoms with van der Waals surface area (Å²) >= 11 is 0. The third-order valence-electron chi connectivity index (χ3n) is 2.86. The maximum Gasteiger partial charge on any atom is 0.284 e. The molecule has 0 unspecified atom stereocenters. The van der Waals surface area contributed by atoms with Crippen molar-refractivity contribution in [1.29, 1.82) is 0 Å². The monoisotopic (exact) mass is 344 g/mol. The molecule has 0 saturated carbocycles. The van der Waals surface area contributed by atoms with Gasteiger partial charge in [-0.05, 0) is 42.3 Å². The normalized spacial score (nSPS) is 11.3. The molecule has 0 radical (unpaired) electrons. The van der Waals surface area contributed by atoms with Crippen LogP contribution in [0.25, 0.3) is 0 Å². The lowest BCUT2D eigenvalue weighted by atomic mass is 10.1. The molecule has 1 heterocycles. The van der Waals surface area contributed by atoms with E-state index in [0.717, 1.165) is 30.5 Å². The quantitative estimate of drug-likeness (QED) is 0.899. The van der Waals surface area contributed by atoms with E-state index in [2.05, 4.69) is 4.98 Å². The van der Waals surface area contributed by atoms with E-state index in [1.165, 1.54) is 6.07 Å². The predicted molar refractivity (Wildman–Crippen MR) is 74.2 cm³/mol. The fourth-order valence-corrected chi connectivity index (χ4v) is 2.82. The number of hydrogen-bond donors (Lipinski definition) is 1. The number of amides is 1. The third-order valence-corrected chi connectivity index (χ3v) is 4.16. The molecule has 5 nitrogen and oxygen atoms in total. The lowest BCUT2D eigenvalue weighted by Gasteiger charge is -2.07. The van der Waals surface area contributed by atoms with Crippen LogP contribution in [0.2, 0.25) is 0 Å². The van der Waals surface area contributed by atoms with Gasteiger partial charge in [0.1, 0.15) is 11.6 Å². The van der Waals surface area contributed by atoms with Gasteiger partial charge in [0.25, 0.3) is 10.0 Å². The number of benzene rings is 1. The number of aryl methyl sites for hydroxylation is 1. The van der Waals surface area contributed by atoms with E-state index in [0.29, 0.717) is 0 Å². The molecule has 1 N–H and O–H groups in total. The van der Waals surface area contributed by atoms with Gasteiger partial charge >= 0.3 is 0 Å². The van der Waals surface area contributed by atoms with Gasteiger partial charge in [0, 0.05) is 12.6 Å². The molecule has 0 aliphatic rings. The Kier molecular flexibility index (Phi) is 4.99. The average molecular weight is 344 g/mol. The van der Waals surface area contributed by atoms with Crippen molar-refractivity contribution in [2.24, 2.45) is 0 Å². The molecule has 23 heavy (non-hydrogen) atoms. The van der Waals surface area contributed by atoms with Crippen LogP contribution in [0.1, 0.15) is 12.0 Å². The number of sulfonamides is 1. The van der Waals surface area contributed by atoms with Crippen molar-refractivity contribution in [2.75, 3.05) is 0 Å². The number of hydrogen-bond acceptors (Lipinski definition) is 4. The van der Waals surface area contributed by atoms with Gasteiger partial charge < -0.3 is 0 Å². The maximum atomic E-state index is 13.4. The Morgan fingerprint density at radius 1 is 1.13 bits per heavy atom. The van der Waals surface area contributed by atoms with Crippen LogP contribution < -0.4 is 4.72 Å². The van der Waals surface area contributed by atoms with Crippen molar-refractivity contribution in [3.8, 4) is 0 Å². The van der Waals surface area contributed by atoms with E-state index >= 15 is 0 Å². The Labute approximate surface area is 130 Å². The topological polar surface area (TPSA) is 76.1 Å². The Balaban J connectivity index is 2.05. The van der Waals surface area contributed by atoms with E-state index in [-0.39, 0.29) is 12.0 Å². The first-order valence-corrected chi connectivity index (χ1v) is 7.88. The average Bonchev–Trinajstić information content (AvgIpc) is 2.48. The second-order valence-electron chi connectivity index (χ2n) is 4.55. The minimum Gasteiger partial charge on any atom is -0.274 e. The van der Waals surface area contributed by atoms with Crippen LogP contribution in [0.15, 0.2) is 41.6 Å². The highest BCUT2D eigenvalue weighted by Crippen LogP contribution is 2.13. The first-order valence-electron chi connectivity index (χ1n) is 6.39. The standard InChI is InChI=1S/C14H11F3N2O3S/c15-10-4-5-11(16)9(8-10)3-6-13(20)19-23(21,22)14-12(17)2-1-7-18-14/h1-2,4-5,7-8H,3,6H2,(H,19,20). The van der Waals surface area contributed by atoms with Gasteiger partial charge in [-0.1, -0.05) is 0 Å². The van der Waals surface area contributed by atoms with Crippen molar-refractivity contribution in [3.63, 3.8) is 0 Å². The molecule has 1 aromatic heterocycles. The summed E-state index contributed by atoms with van der Waals surface area (Å²) < 4.78 is 65.1. The molecule has 0 fully saturated rings. The Bertz CT molecular complexity index is 841. The minimum absolute atomic E-state index is 0.0680. The number of carbonyl (C=O) groups is 1. The number of rotatable bonds is 5. The number of aromatic nitrogens is 1. The van der Waals surface area contributed by atoms with Crippen molar-refractivity contribution in [3.05, 3.63) is 59.5 Å². The molecule has 0 atom stereocenters. The third kappa shape index (κ3) is 4.28. The van der Waals surface area contributed by atoms with E-state index < -0.39 is 44.8 Å². The van der Waals surface area contributed by atoms with E-state index in [9.17, 15) is 26.4 Å². The summed E-state index contributed by atoms with van der Waals surface area (Å²) in [6.45, 7) is 0. The van der Waals surface area contributed by atoms with Gasteiger partial charge in [-0.2, -0.15) is 8.42 Å². The zero-order valence-corrected chi connectivity index (χ0v) is 12.4. The molecular formula is C14H11F3N2O3S. The summed E-state index contributed by atoms with van der Waals surface area (Å²) in [6.07, 6.45) is 0.425. The molecule has 2 aromatic rings. The zero-order chi connectivity index (χ0) is 17.0. The number of carbonyl (C=O) groups excluding carboxylic acids is 1. The molecule has 0 saturated heterocycles. The number of nitrogens with one attached hydrogen (secondary N) is 1. The number of halogens is 3. The summed E-state index contributed by atoms with van der Waals surface area (Å²) in [5.41, 5.74) is -0.0680. The van der Waals surface area contributed by atoms with Crippen molar-refractivity contribution in [1.82, 2.24) is 9.71 Å². The lowest BCUT2D eigenvalue weighted by Crippen LogP contribution is -2.32. The molecule has 0 aliphatic heterocycles. The molecule has 1 amide bonds. The SMILES string of the molecule is O=C(CCc1cc(F)ccc1F)NS(=O)(=O)c1ncccc1F. The fourth-order valence-electron chi connectivity index (χ4n) is 1.80. The van der Waals surface area contributed by atoms with Gasteiger partial charge in [0.05, 0.1) is 0 Å². The van der Waals surface area contributed by atoms with Gasteiger partial charge in [-0.3, -0.25) is 4.79 Å². The smallest absolute Gasteiger partial charge is 0.274 e. The van der Waals surface area contributed by atoms with Crippen LogP contribution in [0.5, 0.6) is 0 Å². The van der Waals surface area contributed by atoms with E-state index in [1.54, 1.807) is 4.72 Å². The Morgan fingerprint density at radius 3 is 2.57 bits per heavy atom. The van der Waals surface area contributed by atoms with Crippen molar-refractivity contribution in [2.45, 2.75) is 17.9 Å². The lowest BCUT2D eigenvalue weighted by molar-refractivity contribution is -0.119. The van der Waals surface area contributed by atoms with E-state index in [1.807, 2.05) is 0 Å². The van der Waals surface area contributed by atoms with Crippen molar-refractivity contribution >= 4 is 15.9 Å². The second kappa shape index (κ2) is 6.78. The first-order chi connectivity index (χ1) is 10.8. The van der Waals surface area contributed by atoms with Crippen LogP contribution in [-0.2, 0) is 21.2 Å². The minimum atomic E-state index is -4.47. The Morgan fingerprint density at radius 2 is 1.87 bits per heavy atom. The van der Waals surface area contributed by atoms with Crippen LogP contribution in [0.4, 0.5) is 13.2 Å². The summed E-state index contributed by atoms with van der Waals surface area (Å²) in [5.74, 6) is -3.48. The highest BCUT2D eigenvalue weighted by atomic mass is 32.2. The highest BCUT2D eigenvalue weighted by Gasteiger charge is 2.23. The van der Waals surface area contributed by atoms with Crippen LogP contribution >= 0.6 is 0 Å². The van der Waals surface area contributed by atoms with Crippen LogP contribution in [-0.4, -0.2) is 19.3 Å². The summed E-state index contributed by atoms with van der Waals surface area (Å²) in [6, 6.07) is 4.82. The molecule has 122 valence electrons. The van der Waals surface area contributed by atoms with Crippen LogP contribution in [0, 0.1) is 17.5 Å². The largest absolute Gasteiger partial charge is 0.284 e. The van der Waals surface area contributed by atoms with Gasteiger partial charge in [-0.15, -0.1) is 0 Å². The molecule has 2 rings (SSSR count). The zero-order valence-electron chi connectivity index (χ0n) is 11.6. The van der Waals surface area contributed by atoms with Gasteiger partial charge in [0.15, 0.2) is 5.82 Å². The number of pyridine rings is 1. The van der Waals surface area contributed by atoms with Gasteiger partial charge in [0.2, 0.25) is 10.9 Å². The summed E-state index contributed by atoms with van der Waals surface area (Å²) in [7, 11) is -4.47. The summed E-state index contributed by atoms with van der Waals surface area (Å²) in [5, 5.41) is -0.912. The molecule has 9 heteroatoms. The maximum absolute atomic E-state index is 13.4.